The molecule has 0 aliphatic carbocycles. The monoisotopic (exact) mass is 252 g/mol. The van der Waals surface area contributed by atoms with E-state index in [-0.39, 0.29) is 18.3 Å². The van der Waals surface area contributed by atoms with E-state index in [1.54, 1.807) is 10.9 Å². The van der Waals surface area contributed by atoms with Crippen LogP contribution < -0.4 is 5.46 Å². The second-order valence-electron chi connectivity index (χ2n) is 5.52. The van der Waals surface area contributed by atoms with Gasteiger partial charge in [-0.15, -0.1) is 0 Å². The molecule has 2 heterocycles. The topological polar surface area (TPSA) is 45.5 Å². The van der Waals surface area contributed by atoms with Crippen LogP contribution in [-0.2, 0) is 20.8 Å². The summed E-state index contributed by atoms with van der Waals surface area (Å²) in [5, 5.41) is 4.23. The van der Waals surface area contributed by atoms with Gasteiger partial charge in [-0.2, -0.15) is 5.10 Å². The Hall–Kier alpha value is -0.845. The summed E-state index contributed by atoms with van der Waals surface area (Å²) >= 11 is 0. The second-order valence-corrected chi connectivity index (χ2v) is 5.52. The number of ether oxygens (including phenoxy) is 1. The van der Waals surface area contributed by atoms with E-state index >= 15 is 0 Å². The van der Waals surface area contributed by atoms with Crippen LogP contribution in [0.4, 0.5) is 0 Å². The van der Waals surface area contributed by atoms with E-state index in [0.29, 0.717) is 13.3 Å². The molecular formula is C12H21BN2O3. The molecule has 1 aromatic heterocycles. The fourth-order valence-corrected chi connectivity index (χ4v) is 1.74. The lowest BCUT2D eigenvalue weighted by atomic mass is 9.82. The van der Waals surface area contributed by atoms with Crippen molar-refractivity contribution in [3.8, 4) is 0 Å². The SMILES string of the molecule is CCOCn1cc(B2OC(C)(C)C(C)(C)O2)cn1. The summed E-state index contributed by atoms with van der Waals surface area (Å²) in [4.78, 5) is 0. The van der Waals surface area contributed by atoms with Crippen molar-refractivity contribution >= 4 is 12.6 Å². The summed E-state index contributed by atoms with van der Waals surface area (Å²) in [6, 6.07) is 0. The Kier molecular flexibility index (Phi) is 3.53. The zero-order chi connectivity index (χ0) is 13.4. The fraction of sp³-hybridized carbons (Fsp3) is 0.750. The Morgan fingerprint density at radius 1 is 1.28 bits per heavy atom. The standard InChI is InChI=1S/C12H21BN2O3/c1-6-16-9-15-8-10(7-14-15)13-17-11(2,3)12(4,5)18-13/h7-8H,6,9H2,1-5H3. The number of hydrogen-bond acceptors (Lipinski definition) is 4. The maximum atomic E-state index is 5.95. The molecule has 18 heavy (non-hydrogen) atoms. The van der Waals surface area contributed by atoms with Gasteiger partial charge in [0, 0.05) is 24.5 Å². The van der Waals surface area contributed by atoms with Gasteiger partial charge in [-0.25, -0.2) is 4.68 Å². The second kappa shape index (κ2) is 4.68. The van der Waals surface area contributed by atoms with Gasteiger partial charge in [-0.3, -0.25) is 0 Å². The highest BCUT2D eigenvalue weighted by molar-refractivity contribution is 6.61. The first-order valence-electron chi connectivity index (χ1n) is 6.31. The van der Waals surface area contributed by atoms with Crippen LogP contribution in [0.1, 0.15) is 34.6 Å². The molecule has 6 heteroatoms. The Labute approximate surface area is 109 Å². The van der Waals surface area contributed by atoms with Gasteiger partial charge in [0.2, 0.25) is 0 Å². The highest BCUT2D eigenvalue weighted by Crippen LogP contribution is 2.36. The number of rotatable bonds is 4. The number of hydrogen-bond donors (Lipinski definition) is 0. The largest absolute Gasteiger partial charge is 0.498 e. The molecule has 0 spiro atoms. The zero-order valence-corrected chi connectivity index (χ0v) is 11.8. The van der Waals surface area contributed by atoms with Crippen molar-refractivity contribution in [3.63, 3.8) is 0 Å². The normalized spacial score (nSPS) is 21.5. The summed E-state index contributed by atoms with van der Waals surface area (Å²) in [6.45, 7) is 11.2. The van der Waals surface area contributed by atoms with Crippen molar-refractivity contribution in [1.82, 2.24) is 9.78 Å². The van der Waals surface area contributed by atoms with Gasteiger partial charge in [0.15, 0.2) is 0 Å². The van der Waals surface area contributed by atoms with Crippen molar-refractivity contribution < 1.29 is 14.0 Å². The van der Waals surface area contributed by atoms with Crippen LogP contribution in [0.5, 0.6) is 0 Å². The van der Waals surface area contributed by atoms with E-state index < -0.39 is 0 Å². The van der Waals surface area contributed by atoms with Crippen LogP contribution in [0.25, 0.3) is 0 Å². The minimum Gasteiger partial charge on any atom is -0.399 e. The third-order valence-electron chi connectivity index (χ3n) is 3.61. The van der Waals surface area contributed by atoms with Crippen LogP contribution in [0.3, 0.4) is 0 Å². The number of nitrogens with zero attached hydrogens (tertiary/aromatic N) is 2. The molecule has 0 atom stereocenters. The van der Waals surface area contributed by atoms with E-state index in [4.69, 9.17) is 14.0 Å². The first-order valence-corrected chi connectivity index (χ1v) is 6.31. The molecule has 1 aliphatic rings. The first kappa shape index (κ1) is 13.6. The smallest absolute Gasteiger partial charge is 0.399 e. The molecule has 1 aliphatic heterocycles. The number of aromatic nitrogens is 2. The lowest BCUT2D eigenvalue weighted by Crippen LogP contribution is -2.41. The molecule has 1 saturated heterocycles. The van der Waals surface area contributed by atoms with Crippen LogP contribution in [0.15, 0.2) is 12.4 Å². The van der Waals surface area contributed by atoms with E-state index in [1.165, 1.54) is 0 Å². The quantitative estimate of drug-likeness (QED) is 0.755. The lowest BCUT2D eigenvalue weighted by Gasteiger charge is -2.32. The molecule has 0 aromatic carbocycles. The van der Waals surface area contributed by atoms with Crippen molar-refractivity contribution in [2.45, 2.75) is 52.6 Å². The average Bonchev–Trinajstić information content (AvgIpc) is 2.80. The van der Waals surface area contributed by atoms with Gasteiger partial charge >= 0.3 is 7.12 Å². The average molecular weight is 252 g/mol. The molecule has 0 radical (unpaired) electrons. The molecule has 1 fully saturated rings. The minimum atomic E-state index is -0.356. The lowest BCUT2D eigenvalue weighted by molar-refractivity contribution is 0.00578. The van der Waals surface area contributed by atoms with Crippen LogP contribution in [-0.4, -0.2) is 34.7 Å². The molecule has 0 saturated carbocycles. The molecule has 0 N–H and O–H groups in total. The van der Waals surface area contributed by atoms with E-state index in [2.05, 4.69) is 5.10 Å². The van der Waals surface area contributed by atoms with Crippen LogP contribution in [0.2, 0.25) is 0 Å². The van der Waals surface area contributed by atoms with Crippen molar-refractivity contribution in [1.29, 1.82) is 0 Å². The molecule has 2 rings (SSSR count). The van der Waals surface area contributed by atoms with E-state index in [0.717, 1.165) is 5.46 Å². The van der Waals surface area contributed by atoms with Crippen LogP contribution in [0, 0.1) is 0 Å². The molecule has 5 nitrogen and oxygen atoms in total. The Bertz CT molecular complexity index is 401. The van der Waals surface area contributed by atoms with Crippen molar-refractivity contribution in [3.05, 3.63) is 12.4 Å². The third kappa shape index (κ3) is 2.46. The van der Waals surface area contributed by atoms with Gasteiger partial charge in [-0.05, 0) is 34.6 Å². The molecule has 0 amide bonds. The molecule has 0 bridgehead atoms. The first-order chi connectivity index (χ1) is 8.36. The summed E-state index contributed by atoms with van der Waals surface area (Å²) in [5.41, 5.74) is 0.285. The van der Waals surface area contributed by atoms with Gasteiger partial charge in [0.05, 0.1) is 11.2 Å². The third-order valence-corrected chi connectivity index (χ3v) is 3.61. The van der Waals surface area contributed by atoms with Crippen molar-refractivity contribution in [2.24, 2.45) is 0 Å². The maximum absolute atomic E-state index is 5.95. The zero-order valence-electron chi connectivity index (χ0n) is 11.8. The van der Waals surface area contributed by atoms with E-state index in [1.807, 2.05) is 40.8 Å². The predicted octanol–water partition coefficient (Wildman–Crippen LogP) is 1.18. The highest BCUT2D eigenvalue weighted by Gasteiger charge is 2.52. The summed E-state index contributed by atoms with van der Waals surface area (Å²) in [5.74, 6) is 0. The molecule has 0 unspecified atom stereocenters. The van der Waals surface area contributed by atoms with Crippen molar-refractivity contribution in [2.75, 3.05) is 6.61 Å². The maximum Gasteiger partial charge on any atom is 0.498 e. The van der Waals surface area contributed by atoms with Crippen LogP contribution >= 0.6 is 0 Å². The highest BCUT2D eigenvalue weighted by atomic mass is 16.7. The fourth-order valence-electron chi connectivity index (χ4n) is 1.74. The van der Waals surface area contributed by atoms with Gasteiger partial charge in [0.25, 0.3) is 0 Å². The Balaban J connectivity index is 2.07. The van der Waals surface area contributed by atoms with Gasteiger partial charge in [-0.1, -0.05) is 0 Å². The van der Waals surface area contributed by atoms with Gasteiger partial charge in [0.1, 0.15) is 6.73 Å². The Morgan fingerprint density at radius 2 is 1.89 bits per heavy atom. The predicted molar refractivity (Wildman–Crippen MR) is 69.6 cm³/mol. The Morgan fingerprint density at radius 3 is 2.44 bits per heavy atom. The molecule has 100 valence electrons. The minimum absolute atomic E-state index is 0.320. The summed E-state index contributed by atoms with van der Waals surface area (Å²) in [6.07, 6.45) is 3.67. The van der Waals surface area contributed by atoms with Gasteiger partial charge < -0.3 is 14.0 Å². The summed E-state index contributed by atoms with van der Waals surface area (Å²) < 4.78 is 18.9. The molecular weight excluding hydrogens is 231 g/mol. The summed E-state index contributed by atoms with van der Waals surface area (Å²) in [7, 11) is -0.356. The van der Waals surface area contributed by atoms with E-state index in [9.17, 15) is 0 Å². The molecule has 1 aromatic rings.